The van der Waals surface area contributed by atoms with Gasteiger partial charge >= 0.3 is 0 Å². The molecule has 1 aliphatic carbocycles. The Hall–Kier alpha value is -4.32. The van der Waals surface area contributed by atoms with Crippen LogP contribution in [0.1, 0.15) is 54.4 Å². The molecule has 5 nitrogen and oxygen atoms in total. The molecule has 0 radical (unpaired) electrons. The van der Waals surface area contributed by atoms with Gasteiger partial charge in [-0.05, 0) is 70.4 Å². The predicted octanol–water partition coefficient (Wildman–Crippen LogP) is 7.12. The van der Waals surface area contributed by atoms with E-state index in [-0.39, 0.29) is 12.7 Å². The van der Waals surface area contributed by atoms with E-state index in [0.29, 0.717) is 11.8 Å². The Kier molecular flexibility index (Phi) is 6.35. The van der Waals surface area contributed by atoms with Crippen LogP contribution in [0.5, 0.6) is 0 Å². The molecule has 1 heterocycles. The summed E-state index contributed by atoms with van der Waals surface area (Å²) in [6.45, 7) is 0. The molecule has 0 atom stereocenters. The number of halogens is 1. The molecule has 5 rings (SSSR count). The smallest absolute Gasteiger partial charge is 0.240 e. The van der Waals surface area contributed by atoms with E-state index in [1.165, 1.54) is 18.4 Å². The largest absolute Gasteiger partial charge is 0.424 e. The molecule has 35 heavy (non-hydrogen) atoms. The van der Waals surface area contributed by atoms with Crippen molar-refractivity contribution in [3.05, 3.63) is 113 Å². The molecule has 0 bridgehead atoms. The van der Waals surface area contributed by atoms with Gasteiger partial charge in [0, 0.05) is 13.2 Å². The van der Waals surface area contributed by atoms with Crippen molar-refractivity contribution in [2.24, 2.45) is 5.92 Å². The van der Waals surface area contributed by atoms with Crippen LogP contribution < -0.4 is 5.73 Å². The molecule has 0 unspecified atom stereocenters. The number of anilines is 1. The average Bonchev–Trinajstić information content (AvgIpc) is 3.37. The third-order valence-corrected chi connectivity index (χ3v) is 6.44. The van der Waals surface area contributed by atoms with Crippen LogP contribution in [-0.2, 0) is 0 Å². The summed E-state index contributed by atoms with van der Waals surface area (Å²) in [5.41, 5.74) is 12.6. The van der Waals surface area contributed by atoms with Gasteiger partial charge in [-0.2, -0.15) is 4.39 Å². The molecule has 0 saturated heterocycles. The number of nitrogens with one attached hydrogen (secondary N) is 1. The third kappa shape index (κ3) is 4.82. The van der Waals surface area contributed by atoms with E-state index in [4.69, 9.17) is 15.6 Å². The van der Waals surface area contributed by atoms with E-state index in [2.05, 4.69) is 34.5 Å². The lowest BCUT2D eigenvalue weighted by atomic mass is 9.73. The van der Waals surface area contributed by atoms with Gasteiger partial charge in [0.2, 0.25) is 18.2 Å². The second-order valence-corrected chi connectivity index (χ2v) is 8.63. The summed E-state index contributed by atoms with van der Waals surface area (Å²) in [6.07, 6.45) is 8.39. The molecule has 3 aromatic carbocycles. The summed E-state index contributed by atoms with van der Waals surface area (Å²) in [7, 11) is 0. The number of rotatable bonds is 7. The van der Waals surface area contributed by atoms with Crippen molar-refractivity contribution in [2.45, 2.75) is 19.3 Å². The number of benzene rings is 3. The zero-order chi connectivity index (χ0) is 24.2. The number of aromatic nitrogens is 2. The standard InChI is InChI=1S/C29H25FN4O.H2/c30-29(32)24-17-23(14-15-25(24)31)28(27(21-7-4-8-21)20-5-2-1-3-6-20)22-12-9-19(10-13-22)11-16-26-34-33-18-35-26;/h1-3,5-6,9-18,21,32H,4,7-8,31H2;1H/b16-11+,28-27-,32-29?;. The molecule has 1 aliphatic rings. The topological polar surface area (TPSA) is 88.8 Å². The highest BCUT2D eigenvalue weighted by molar-refractivity contribution is 6.03. The lowest BCUT2D eigenvalue weighted by Gasteiger charge is -2.31. The van der Waals surface area contributed by atoms with Crippen LogP contribution in [0.4, 0.5) is 10.1 Å². The van der Waals surface area contributed by atoms with Crippen LogP contribution in [0.3, 0.4) is 0 Å². The minimum atomic E-state index is -1.03. The summed E-state index contributed by atoms with van der Waals surface area (Å²) < 4.78 is 19.2. The molecular weight excluding hydrogens is 439 g/mol. The third-order valence-electron chi connectivity index (χ3n) is 6.44. The van der Waals surface area contributed by atoms with Crippen LogP contribution in [0, 0.1) is 11.3 Å². The monoisotopic (exact) mass is 466 g/mol. The van der Waals surface area contributed by atoms with Gasteiger partial charge in [0.15, 0.2) is 0 Å². The van der Waals surface area contributed by atoms with Gasteiger partial charge in [-0.15, -0.1) is 10.2 Å². The second-order valence-electron chi connectivity index (χ2n) is 8.63. The zero-order valence-electron chi connectivity index (χ0n) is 19.1. The Labute approximate surface area is 204 Å². The zero-order valence-corrected chi connectivity index (χ0v) is 19.1. The highest BCUT2D eigenvalue weighted by Crippen LogP contribution is 2.45. The summed E-state index contributed by atoms with van der Waals surface area (Å²) in [6, 6.07) is 23.9. The minimum Gasteiger partial charge on any atom is -0.424 e. The molecule has 3 N–H and O–H groups in total. The van der Waals surface area contributed by atoms with Crippen molar-refractivity contribution in [3.63, 3.8) is 0 Å². The quantitative estimate of drug-likeness (QED) is 0.172. The lowest BCUT2D eigenvalue weighted by Crippen LogP contribution is -2.15. The van der Waals surface area contributed by atoms with Crippen LogP contribution in [-0.4, -0.2) is 16.2 Å². The minimum absolute atomic E-state index is 0. The molecule has 6 heteroatoms. The van der Waals surface area contributed by atoms with E-state index < -0.39 is 5.97 Å². The highest BCUT2D eigenvalue weighted by atomic mass is 19.1. The van der Waals surface area contributed by atoms with E-state index in [0.717, 1.165) is 40.7 Å². The predicted molar refractivity (Wildman–Crippen MR) is 140 cm³/mol. The van der Waals surface area contributed by atoms with Gasteiger partial charge in [-0.1, -0.05) is 67.1 Å². The van der Waals surface area contributed by atoms with Crippen molar-refractivity contribution in [1.29, 1.82) is 5.41 Å². The number of hydrogen-bond donors (Lipinski definition) is 2. The summed E-state index contributed by atoms with van der Waals surface area (Å²) in [5.74, 6) is -0.181. The van der Waals surface area contributed by atoms with Crippen molar-refractivity contribution in [1.82, 2.24) is 10.2 Å². The van der Waals surface area contributed by atoms with Crippen molar-refractivity contribution < 1.29 is 10.2 Å². The fourth-order valence-corrected chi connectivity index (χ4v) is 4.46. The molecule has 1 aromatic heterocycles. The van der Waals surface area contributed by atoms with Gasteiger partial charge in [0.05, 0.1) is 5.56 Å². The SMILES string of the molecule is N=C(F)c1cc(/C(=C(/c2ccccc2)C2CCC2)c2ccc(/C=C/c3nnco3)cc2)ccc1N.[HH]. The summed E-state index contributed by atoms with van der Waals surface area (Å²) in [4.78, 5) is 0. The number of nitrogens with two attached hydrogens (primary N) is 1. The van der Waals surface area contributed by atoms with Crippen LogP contribution >= 0.6 is 0 Å². The van der Waals surface area contributed by atoms with Crippen molar-refractivity contribution in [3.8, 4) is 0 Å². The normalized spacial score (nSPS) is 14.5. The molecule has 1 saturated carbocycles. The van der Waals surface area contributed by atoms with E-state index in [1.807, 2.05) is 42.5 Å². The average molecular weight is 467 g/mol. The van der Waals surface area contributed by atoms with Gasteiger partial charge in [0.1, 0.15) is 0 Å². The number of nitrogens with zero attached hydrogens (tertiary/aromatic N) is 2. The first-order valence-corrected chi connectivity index (χ1v) is 11.6. The maximum atomic E-state index is 14.0. The molecule has 0 amide bonds. The van der Waals surface area contributed by atoms with E-state index in [9.17, 15) is 4.39 Å². The van der Waals surface area contributed by atoms with Crippen molar-refractivity contribution >= 4 is 35.0 Å². The fraction of sp³-hybridized carbons (Fsp3) is 0.138. The van der Waals surface area contributed by atoms with Gasteiger partial charge < -0.3 is 10.2 Å². The molecule has 176 valence electrons. The van der Waals surface area contributed by atoms with E-state index >= 15 is 0 Å². The number of allylic oxidation sites excluding steroid dienone is 1. The van der Waals surface area contributed by atoms with Gasteiger partial charge in [-0.3, -0.25) is 5.41 Å². The Morgan fingerprint density at radius 1 is 0.971 bits per heavy atom. The second kappa shape index (κ2) is 9.89. The van der Waals surface area contributed by atoms with Crippen LogP contribution in [0.25, 0.3) is 23.3 Å². The van der Waals surface area contributed by atoms with Crippen molar-refractivity contribution in [2.75, 3.05) is 5.73 Å². The highest BCUT2D eigenvalue weighted by Gasteiger charge is 2.27. The lowest BCUT2D eigenvalue weighted by molar-refractivity contribution is 0.401. The van der Waals surface area contributed by atoms with E-state index in [1.54, 1.807) is 18.2 Å². The first kappa shape index (κ1) is 22.5. The summed E-state index contributed by atoms with van der Waals surface area (Å²) in [5, 5.41) is 15.1. The molecule has 1 fully saturated rings. The number of hydrogen-bond acceptors (Lipinski definition) is 5. The Balaban J connectivity index is 0.00000304. The molecule has 0 spiro atoms. The van der Waals surface area contributed by atoms with Crippen LogP contribution in [0.2, 0.25) is 0 Å². The maximum Gasteiger partial charge on any atom is 0.240 e. The fourth-order valence-electron chi connectivity index (χ4n) is 4.46. The van der Waals surface area contributed by atoms with Crippen LogP contribution in [0.15, 0.2) is 83.6 Å². The first-order chi connectivity index (χ1) is 17.1. The molecule has 0 aliphatic heterocycles. The number of nitrogen functional groups attached to an aromatic ring is 1. The first-order valence-electron chi connectivity index (χ1n) is 11.6. The van der Waals surface area contributed by atoms with Gasteiger partial charge in [-0.25, -0.2) is 0 Å². The maximum absolute atomic E-state index is 14.0. The Morgan fingerprint density at radius 3 is 2.34 bits per heavy atom. The van der Waals surface area contributed by atoms with Gasteiger partial charge in [0.25, 0.3) is 0 Å². The Morgan fingerprint density at radius 2 is 1.71 bits per heavy atom. The summed E-state index contributed by atoms with van der Waals surface area (Å²) >= 11 is 0. The molecular formula is C29H27FN4O. The molecule has 4 aromatic rings. The Bertz CT molecular complexity index is 1390.